The molecule has 0 unspecified atom stereocenters. The van der Waals surface area contributed by atoms with Crippen molar-refractivity contribution in [3.05, 3.63) is 22.8 Å². The molecule has 41 heavy (non-hydrogen) atoms. The van der Waals surface area contributed by atoms with Crippen LogP contribution in [0.15, 0.2) is 22.8 Å². The molecule has 0 aromatic carbocycles. The van der Waals surface area contributed by atoms with Crippen molar-refractivity contribution in [1.82, 2.24) is 0 Å². The highest BCUT2D eigenvalue weighted by Crippen LogP contribution is 2.69. The Morgan fingerprint density at radius 3 is 2.05 bits per heavy atom. The van der Waals surface area contributed by atoms with Gasteiger partial charge in [0.05, 0.1) is 31.7 Å². The van der Waals surface area contributed by atoms with Crippen LogP contribution < -0.4 is 0 Å². The van der Waals surface area contributed by atoms with Crippen LogP contribution in [-0.4, -0.2) is 78.0 Å². The zero-order valence-electron chi connectivity index (χ0n) is 25.8. The molecule has 0 amide bonds. The van der Waals surface area contributed by atoms with Crippen molar-refractivity contribution in [3.8, 4) is 0 Å². The van der Waals surface area contributed by atoms with E-state index >= 15 is 0 Å². The summed E-state index contributed by atoms with van der Waals surface area (Å²) in [5, 5.41) is 0. The highest BCUT2D eigenvalue weighted by Gasteiger charge is 2.68. The summed E-state index contributed by atoms with van der Waals surface area (Å²) < 4.78 is 32.6. The number of hydrogen-bond donors (Lipinski definition) is 0. The van der Waals surface area contributed by atoms with E-state index in [-0.39, 0.29) is 29.2 Å². The predicted molar refractivity (Wildman–Crippen MR) is 155 cm³/mol. The van der Waals surface area contributed by atoms with Crippen LogP contribution in [0.25, 0.3) is 0 Å². The van der Waals surface area contributed by atoms with Crippen LogP contribution in [0.1, 0.15) is 72.6 Å². The van der Waals surface area contributed by atoms with Gasteiger partial charge in [-0.25, -0.2) is 0 Å². The smallest absolute Gasteiger partial charge is 0.317 e. The molecule has 0 N–H and O–H groups in total. The van der Waals surface area contributed by atoms with Crippen molar-refractivity contribution in [1.29, 1.82) is 0 Å². The van der Waals surface area contributed by atoms with Crippen LogP contribution in [0, 0.1) is 35.0 Å². The highest BCUT2D eigenvalue weighted by atomic mass is 16.5. The largest absolute Gasteiger partial charge is 0.466 e. The van der Waals surface area contributed by atoms with Gasteiger partial charge in [-0.1, -0.05) is 17.2 Å². The lowest BCUT2D eigenvalue weighted by Gasteiger charge is -2.25. The van der Waals surface area contributed by atoms with Crippen LogP contribution in [0.5, 0.6) is 0 Å². The normalized spacial score (nSPS) is 29.6. The van der Waals surface area contributed by atoms with E-state index in [1.165, 1.54) is 11.1 Å². The maximum atomic E-state index is 12.4. The predicted octanol–water partition coefficient (Wildman–Crippen LogP) is 5.29. The van der Waals surface area contributed by atoms with Gasteiger partial charge >= 0.3 is 11.9 Å². The van der Waals surface area contributed by atoms with E-state index in [1.807, 2.05) is 19.9 Å². The van der Waals surface area contributed by atoms with Gasteiger partial charge in [-0.15, -0.1) is 0 Å². The Morgan fingerprint density at radius 2 is 1.44 bits per heavy atom. The lowest BCUT2D eigenvalue weighted by Crippen LogP contribution is -2.22. The minimum Gasteiger partial charge on any atom is -0.466 e. The Bertz CT molecular complexity index is 930. The fraction of sp³-hybridized carbons (Fsp3) is 0.818. The van der Waals surface area contributed by atoms with Crippen LogP contribution in [0.4, 0.5) is 0 Å². The molecule has 0 radical (unpaired) electrons. The zero-order chi connectivity index (χ0) is 29.2. The first-order valence-electron chi connectivity index (χ1n) is 15.9. The SMILES string of the molecule is CCOC(=O)[C@@H]1C=C1COCC1CCOCC1.CCOC(=O)[C@@H]1[C@H]2CC(C)=C(C)C[C@]21CCOCC1CCOCC1. The Labute approximate surface area is 246 Å². The topological polar surface area (TPSA) is 89.5 Å². The lowest BCUT2D eigenvalue weighted by atomic mass is 9.82. The molecule has 1 saturated carbocycles. The Hall–Kier alpha value is -1.74. The van der Waals surface area contributed by atoms with Gasteiger partial charge in [0, 0.05) is 46.2 Å². The van der Waals surface area contributed by atoms with Gasteiger partial charge in [-0.2, -0.15) is 0 Å². The molecule has 8 nitrogen and oxygen atoms in total. The van der Waals surface area contributed by atoms with Gasteiger partial charge in [0.15, 0.2) is 0 Å². The fourth-order valence-electron chi connectivity index (χ4n) is 6.79. The zero-order valence-corrected chi connectivity index (χ0v) is 25.8. The first-order valence-corrected chi connectivity index (χ1v) is 15.9. The molecule has 0 bridgehead atoms. The van der Waals surface area contributed by atoms with E-state index in [2.05, 4.69) is 13.8 Å². The second kappa shape index (κ2) is 15.6. The molecule has 0 spiro atoms. The Morgan fingerprint density at radius 1 is 0.854 bits per heavy atom. The summed E-state index contributed by atoms with van der Waals surface area (Å²) in [5.41, 5.74) is 4.09. The first kappa shape index (κ1) is 32.2. The van der Waals surface area contributed by atoms with Gasteiger partial charge < -0.3 is 28.4 Å². The molecule has 0 aromatic rings. The number of esters is 2. The molecule has 2 saturated heterocycles. The minimum absolute atomic E-state index is 0.00873. The monoisotopic (exact) mass is 576 g/mol. The summed E-state index contributed by atoms with van der Waals surface area (Å²) in [4.78, 5) is 23.7. The van der Waals surface area contributed by atoms with Crippen molar-refractivity contribution in [2.24, 2.45) is 35.0 Å². The fourth-order valence-corrected chi connectivity index (χ4v) is 6.79. The molecule has 5 aliphatic rings. The quantitative estimate of drug-likeness (QED) is 0.166. The molecule has 2 aliphatic heterocycles. The molecular weight excluding hydrogens is 524 g/mol. The number of rotatable bonds is 13. The molecule has 4 atom stereocenters. The minimum atomic E-state index is -0.142. The van der Waals surface area contributed by atoms with E-state index in [1.54, 1.807) is 0 Å². The summed E-state index contributed by atoms with van der Waals surface area (Å²) in [6.45, 7) is 15.4. The summed E-state index contributed by atoms with van der Waals surface area (Å²) in [7, 11) is 0. The average Bonchev–Trinajstić information content (AvgIpc) is 3.88. The van der Waals surface area contributed by atoms with Crippen molar-refractivity contribution in [2.75, 3.05) is 66.1 Å². The van der Waals surface area contributed by atoms with Crippen LogP contribution in [0.2, 0.25) is 0 Å². The Balaban J connectivity index is 0.000000201. The highest BCUT2D eigenvalue weighted by molar-refractivity contribution is 5.83. The van der Waals surface area contributed by atoms with Gasteiger partial charge in [0.2, 0.25) is 0 Å². The van der Waals surface area contributed by atoms with Gasteiger partial charge in [-0.3, -0.25) is 9.59 Å². The summed E-state index contributed by atoms with van der Waals surface area (Å²) in [6, 6.07) is 0. The van der Waals surface area contributed by atoms with E-state index < -0.39 is 0 Å². The van der Waals surface area contributed by atoms with Crippen molar-refractivity contribution in [3.63, 3.8) is 0 Å². The molecule has 3 fully saturated rings. The molecule has 3 aliphatic carbocycles. The first-order chi connectivity index (χ1) is 19.9. The van der Waals surface area contributed by atoms with E-state index in [9.17, 15) is 9.59 Å². The van der Waals surface area contributed by atoms with Gasteiger partial charge in [-0.05, 0) is 101 Å². The maximum Gasteiger partial charge on any atom is 0.317 e. The average molecular weight is 577 g/mol. The van der Waals surface area contributed by atoms with Crippen LogP contribution in [-0.2, 0) is 38.0 Å². The van der Waals surface area contributed by atoms with E-state index in [0.717, 1.165) is 96.8 Å². The molecule has 2 heterocycles. The molecule has 232 valence electrons. The number of ether oxygens (including phenoxy) is 6. The van der Waals surface area contributed by atoms with Crippen LogP contribution in [0.3, 0.4) is 0 Å². The summed E-state index contributed by atoms with van der Waals surface area (Å²) in [6.07, 6.45) is 9.38. The third-order valence-electron chi connectivity index (χ3n) is 9.62. The van der Waals surface area contributed by atoms with Crippen molar-refractivity contribution in [2.45, 2.75) is 72.6 Å². The van der Waals surface area contributed by atoms with Crippen molar-refractivity contribution >= 4 is 11.9 Å². The molecule has 8 heteroatoms. The molecule has 0 aromatic heterocycles. The van der Waals surface area contributed by atoms with Crippen molar-refractivity contribution < 1.29 is 38.0 Å². The third-order valence-corrected chi connectivity index (χ3v) is 9.62. The maximum absolute atomic E-state index is 12.4. The number of fused-ring (bicyclic) bond motifs is 1. The second-order valence-electron chi connectivity index (χ2n) is 12.4. The lowest BCUT2D eigenvalue weighted by molar-refractivity contribution is -0.146. The standard InChI is InChI=1S/C20H32O4.C13H20O4/c1-4-24-19(21)18-17-11-14(2)15(3)12-20(17,18)7-10-23-13-16-5-8-22-9-6-16;1-2-17-13(14)12-7-11(12)9-16-8-10-3-5-15-6-4-10/h16-18H,4-13H2,1-3H3;7,10,12H,2-6,8-9H2,1H3/t17-,18+,20-;12-/m11/s1. The number of allylic oxidation sites excluding steroid dienone is 2. The molecule has 5 rings (SSSR count). The van der Waals surface area contributed by atoms with Crippen LogP contribution >= 0.6 is 0 Å². The third kappa shape index (κ3) is 8.88. The Kier molecular flexibility index (Phi) is 12.3. The molecular formula is C33H52O8. The number of hydrogen-bond acceptors (Lipinski definition) is 8. The van der Waals surface area contributed by atoms with Gasteiger partial charge in [0.1, 0.15) is 0 Å². The van der Waals surface area contributed by atoms with E-state index in [4.69, 9.17) is 28.4 Å². The van der Waals surface area contributed by atoms with Gasteiger partial charge in [0.25, 0.3) is 0 Å². The summed E-state index contributed by atoms with van der Waals surface area (Å²) in [5.74, 6) is 1.56. The summed E-state index contributed by atoms with van der Waals surface area (Å²) >= 11 is 0. The number of carbonyl (C=O) groups excluding carboxylic acids is 2. The second-order valence-corrected chi connectivity index (χ2v) is 12.4. The number of carbonyl (C=O) groups is 2. The van der Waals surface area contributed by atoms with E-state index in [0.29, 0.717) is 37.6 Å².